The van der Waals surface area contributed by atoms with Crippen molar-refractivity contribution in [2.24, 2.45) is 0 Å². The van der Waals surface area contributed by atoms with E-state index >= 15 is 0 Å². The Bertz CT molecular complexity index is 673. The lowest BCUT2D eigenvalue weighted by molar-refractivity contribution is 0.138. The largest absolute Gasteiger partial charge is 0.496 e. The molecule has 1 saturated heterocycles. The lowest BCUT2D eigenvalue weighted by Crippen LogP contribution is -2.33. The molecule has 2 aromatic rings. The summed E-state index contributed by atoms with van der Waals surface area (Å²) in [4.78, 5) is 6.85. The average molecular weight is 326 g/mol. The van der Waals surface area contributed by atoms with Gasteiger partial charge in [0, 0.05) is 36.1 Å². The lowest BCUT2D eigenvalue weighted by Gasteiger charge is -2.36. The Labute approximate surface area is 144 Å². The van der Waals surface area contributed by atoms with Crippen molar-refractivity contribution in [3.8, 4) is 11.5 Å². The highest BCUT2D eigenvalue weighted by molar-refractivity contribution is 5.49. The van der Waals surface area contributed by atoms with Crippen molar-refractivity contribution in [2.75, 3.05) is 20.8 Å². The number of benzene rings is 1. The standard InChI is InChI=1S/C20H26N2O2/c1-15-19(23-2)10-9-17(20(15)24-3)14-22-12-5-4-8-18(22)16-7-6-11-21-13-16/h6-7,9-11,13,18H,4-5,8,12,14H2,1-3H3/t18-/m1/s1. The summed E-state index contributed by atoms with van der Waals surface area (Å²) in [6.45, 7) is 4.04. The molecule has 0 bridgehead atoms. The van der Waals surface area contributed by atoms with Gasteiger partial charge in [-0.05, 0) is 44.0 Å². The van der Waals surface area contributed by atoms with Crippen LogP contribution in [0.5, 0.6) is 11.5 Å². The third-order valence-electron chi connectivity index (χ3n) is 4.92. The lowest BCUT2D eigenvalue weighted by atomic mass is 9.95. The van der Waals surface area contributed by atoms with Crippen LogP contribution in [0.3, 0.4) is 0 Å². The normalized spacial score (nSPS) is 18.4. The van der Waals surface area contributed by atoms with E-state index in [2.05, 4.69) is 28.9 Å². The number of methoxy groups -OCH3 is 2. The molecule has 0 radical (unpaired) electrons. The third kappa shape index (κ3) is 3.39. The summed E-state index contributed by atoms with van der Waals surface area (Å²) >= 11 is 0. The molecule has 1 aliphatic heterocycles. The van der Waals surface area contributed by atoms with Crippen LogP contribution in [-0.2, 0) is 6.54 Å². The molecule has 1 atom stereocenters. The van der Waals surface area contributed by atoms with Crippen molar-refractivity contribution in [3.63, 3.8) is 0 Å². The van der Waals surface area contributed by atoms with Gasteiger partial charge in [0.15, 0.2) is 0 Å². The number of likely N-dealkylation sites (tertiary alicyclic amines) is 1. The van der Waals surface area contributed by atoms with Crippen LogP contribution in [0.15, 0.2) is 36.7 Å². The highest BCUT2D eigenvalue weighted by atomic mass is 16.5. The Balaban J connectivity index is 1.87. The molecular formula is C20H26N2O2. The van der Waals surface area contributed by atoms with Crippen molar-refractivity contribution in [1.82, 2.24) is 9.88 Å². The SMILES string of the molecule is COc1ccc(CN2CCCC[C@@H]2c2cccnc2)c(OC)c1C. The molecule has 128 valence electrons. The van der Waals surface area contributed by atoms with E-state index in [4.69, 9.17) is 9.47 Å². The summed E-state index contributed by atoms with van der Waals surface area (Å²) in [5.74, 6) is 1.81. The second-order valence-corrected chi connectivity index (χ2v) is 6.35. The predicted molar refractivity (Wildman–Crippen MR) is 95.5 cm³/mol. The molecular weight excluding hydrogens is 300 g/mol. The number of aromatic nitrogens is 1. The van der Waals surface area contributed by atoms with E-state index in [9.17, 15) is 0 Å². The van der Waals surface area contributed by atoms with Crippen molar-refractivity contribution < 1.29 is 9.47 Å². The third-order valence-corrected chi connectivity index (χ3v) is 4.92. The Morgan fingerprint density at radius 2 is 2.04 bits per heavy atom. The van der Waals surface area contributed by atoms with Crippen molar-refractivity contribution in [2.45, 2.75) is 38.8 Å². The number of hydrogen-bond donors (Lipinski definition) is 0. The Hall–Kier alpha value is -2.07. The summed E-state index contributed by atoms with van der Waals surface area (Å²) < 4.78 is 11.1. The van der Waals surface area contributed by atoms with Crippen LogP contribution in [0, 0.1) is 6.92 Å². The van der Waals surface area contributed by atoms with E-state index < -0.39 is 0 Å². The highest BCUT2D eigenvalue weighted by Gasteiger charge is 2.25. The van der Waals surface area contributed by atoms with E-state index in [-0.39, 0.29) is 0 Å². The first-order chi connectivity index (χ1) is 11.7. The zero-order chi connectivity index (χ0) is 16.9. The van der Waals surface area contributed by atoms with Crippen molar-refractivity contribution >= 4 is 0 Å². The smallest absolute Gasteiger partial charge is 0.129 e. The molecule has 2 heterocycles. The van der Waals surface area contributed by atoms with Gasteiger partial charge in [0.25, 0.3) is 0 Å². The maximum absolute atomic E-state index is 5.68. The van der Waals surface area contributed by atoms with Gasteiger partial charge in [-0.3, -0.25) is 9.88 Å². The van der Waals surface area contributed by atoms with Crippen LogP contribution < -0.4 is 9.47 Å². The monoisotopic (exact) mass is 326 g/mol. The molecule has 1 aromatic heterocycles. The van der Waals surface area contributed by atoms with Crippen LogP contribution in [0.25, 0.3) is 0 Å². The first-order valence-corrected chi connectivity index (χ1v) is 8.59. The Morgan fingerprint density at radius 3 is 2.75 bits per heavy atom. The fourth-order valence-corrected chi connectivity index (χ4v) is 3.71. The minimum atomic E-state index is 0.430. The second-order valence-electron chi connectivity index (χ2n) is 6.35. The quantitative estimate of drug-likeness (QED) is 0.827. The van der Waals surface area contributed by atoms with Crippen LogP contribution in [0.1, 0.15) is 42.0 Å². The van der Waals surface area contributed by atoms with Crippen LogP contribution in [0.2, 0.25) is 0 Å². The number of nitrogens with zero attached hydrogens (tertiary/aromatic N) is 2. The van der Waals surface area contributed by atoms with Gasteiger partial charge < -0.3 is 9.47 Å². The molecule has 0 spiro atoms. The molecule has 1 aliphatic rings. The van der Waals surface area contributed by atoms with Gasteiger partial charge in [0.05, 0.1) is 14.2 Å². The molecule has 4 heteroatoms. The molecule has 0 unspecified atom stereocenters. The van der Waals surface area contributed by atoms with Gasteiger partial charge in [-0.1, -0.05) is 18.6 Å². The summed E-state index contributed by atoms with van der Waals surface area (Å²) in [5, 5.41) is 0. The van der Waals surface area contributed by atoms with Gasteiger partial charge in [-0.15, -0.1) is 0 Å². The average Bonchev–Trinajstić information content (AvgIpc) is 2.63. The van der Waals surface area contributed by atoms with Crippen molar-refractivity contribution in [3.05, 3.63) is 53.3 Å². The van der Waals surface area contributed by atoms with Gasteiger partial charge in [0.1, 0.15) is 11.5 Å². The van der Waals surface area contributed by atoms with E-state index in [1.807, 2.05) is 24.5 Å². The summed E-state index contributed by atoms with van der Waals surface area (Å²) in [5.41, 5.74) is 3.58. The summed E-state index contributed by atoms with van der Waals surface area (Å²) in [7, 11) is 3.44. The van der Waals surface area contributed by atoms with Gasteiger partial charge in [-0.25, -0.2) is 0 Å². The molecule has 4 nitrogen and oxygen atoms in total. The van der Waals surface area contributed by atoms with E-state index in [0.29, 0.717) is 6.04 Å². The van der Waals surface area contributed by atoms with E-state index in [1.54, 1.807) is 14.2 Å². The van der Waals surface area contributed by atoms with Gasteiger partial charge in [-0.2, -0.15) is 0 Å². The summed E-state index contributed by atoms with van der Waals surface area (Å²) in [6.07, 6.45) is 7.54. The maximum Gasteiger partial charge on any atom is 0.129 e. The van der Waals surface area contributed by atoms with Crippen LogP contribution >= 0.6 is 0 Å². The molecule has 1 fully saturated rings. The number of rotatable bonds is 5. The minimum absolute atomic E-state index is 0.430. The second kappa shape index (κ2) is 7.67. The van der Waals surface area contributed by atoms with E-state index in [0.717, 1.165) is 30.2 Å². The number of ether oxygens (including phenoxy) is 2. The first kappa shape index (κ1) is 16.8. The zero-order valence-electron chi connectivity index (χ0n) is 14.8. The molecule has 0 aliphatic carbocycles. The Kier molecular flexibility index (Phi) is 5.36. The molecule has 0 amide bonds. The number of hydrogen-bond acceptors (Lipinski definition) is 4. The summed E-state index contributed by atoms with van der Waals surface area (Å²) in [6, 6.07) is 8.81. The van der Waals surface area contributed by atoms with Gasteiger partial charge in [0.2, 0.25) is 0 Å². The van der Waals surface area contributed by atoms with Crippen molar-refractivity contribution in [1.29, 1.82) is 0 Å². The molecule has 3 rings (SSSR count). The van der Waals surface area contributed by atoms with Crippen LogP contribution in [-0.4, -0.2) is 30.6 Å². The van der Waals surface area contributed by atoms with Gasteiger partial charge >= 0.3 is 0 Å². The molecule has 0 N–H and O–H groups in total. The fourth-order valence-electron chi connectivity index (χ4n) is 3.71. The fraction of sp³-hybridized carbons (Fsp3) is 0.450. The minimum Gasteiger partial charge on any atom is -0.496 e. The molecule has 1 aromatic carbocycles. The predicted octanol–water partition coefficient (Wildman–Crippen LogP) is 4.13. The topological polar surface area (TPSA) is 34.6 Å². The number of pyridine rings is 1. The molecule has 0 saturated carbocycles. The highest BCUT2D eigenvalue weighted by Crippen LogP contribution is 2.36. The zero-order valence-corrected chi connectivity index (χ0v) is 14.8. The van der Waals surface area contributed by atoms with Crippen LogP contribution in [0.4, 0.5) is 0 Å². The maximum atomic E-state index is 5.68. The molecule has 24 heavy (non-hydrogen) atoms. The number of piperidine rings is 1. The first-order valence-electron chi connectivity index (χ1n) is 8.59. The van der Waals surface area contributed by atoms with E-state index in [1.165, 1.54) is 30.4 Å². The Morgan fingerprint density at radius 1 is 1.17 bits per heavy atom.